The van der Waals surface area contributed by atoms with Gasteiger partial charge in [0, 0.05) is 34.8 Å². The molecule has 0 spiro atoms. The Labute approximate surface area is 163 Å². The van der Waals surface area contributed by atoms with Gasteiger partial charge in [-0.1, -0.05) is 48.5 Å². The number of benzene rings is 3. The highest BCUT2D eigenvalue weighted by molar-refractivity contribution is 6.07. The largest absolute Gasteiger partial charge is 0.399 e. The smallest absolute Gasteiger partial charge is 0.271 e. The Morgan fingerprint density at radius 3 is 2.39 bits per heavy atom. The van der Waals surface area contributed by atoms with Crippen molar-refractivity contribution in [1.29, 1.82) is 0 Å². The number of aryl methyl sites for hydroxylation is 1. The van der Waals surface area contributed by atoms with Crippen molar-refractivity contribution in [3.05, 3.63) is 90.0 Å². The van der Waals surface area contributed by atoms with Gasteiger partial charge in [-0.2, -0.15) is 5.10 Å². The molecule has 1 aromatic heterocycles. The van der Waals surface area contributed by atoms with E-state index >= 15 is 0 Å². The van der Waals surface area contributed by atoms with Crippen LogP contribution < -0.4 is 11.2 Å². The Morgan fingerprint density at radius 1 is 0.964 bits per heavy atom. The van der Waals surface area contributed by atoms with E-state index in [1.807, 2.05) is 37.4 Å². The van der Waals surface area contributed by atoms with E-state index in [0.717, 1.165) is 27.7 Å². The van der Waals surface area contributed by atoms with Gasteiger partial charge in [0.2, 0.25) is 0 Å². The van der Waals surface area contributed by atoms with E-state index in [2.05, 4.69) is 39.4 Å². The number of amides is 1. The molecule has 138 valence electrons. The Balaban J connectivity index is 1.71. The quantitative estimate of drug-likeness (QED) is 0.322. The fraction of sp³-hybridized carbons (Fsp3) is 0.0435. The number of nitrogen functional groups attached to an aromatic ring is 1. The van der Waals surface area contributed by atoms with Crippen molar-refractivity contribution in [3.8, 4) is 11.3 Å². The second kappa shape index (κ2) is 7.40. The molecule has 0 aliphatic carbocycles. The zero-order chi connectivity index (χ0) is 19.5. The fourth-order valence-corrected chi connectivity index (χ4v) is 3.35. The Hall–Kier alpha value is -3.86. The number of anilines is 1. The molecule has 0 radical (unpaired) electrons. The number of aromatic nitrogens is 1. The number of hydrazone groups is 1. The highest BCUT2D eigenvalue weighted by Crippen LogP contribution is 2.31. The summed E-state index contributed by atoms with van der Waals surface area (Å²) in [4.78, 5) is 12.3. The van der Waals surface area contributed by atoms with Crippen LogP contribution in [0.3, 0.4) is 0 Å². The number of nitrogens with one attached hydrogen (secondary N) is 1. The van der Waals surface area contributed by atoms with E-state index in [4.69, 9.17) is 5.73 Å². The van der Waals surface area contributed by atoms with Crippen molar-refractivity contribution in [2.45, 2.75) is 0 Å². The molecule has 1 amide bonds. The molecule has 3 aromatic carbocycles. The molecule has 28 heavy (non-hydrogen) atoms. The lowest BCUT2D eigenvalue weighted by Gasteiger charge is -2.06. The van der Waals surface area contributed by atoms with Gasteiger partial charge in [0.05, 0.1) is 11.9 Å². The SMILES string of the molecule is Cn1c(-c2ccccc2)c(/C=N\NC(=O)c2ccc(N)cc2)c2ccccc21. The van der Waals surface area contributed by atoms with Gasteiger partial charge in [-0.25, -0.2) is 5.43 Å². The average molecular weight is 368 g/mol. The lowest BCUT2D eigenvalue weighted by molar-refractivity contribution is 0.0955. The van der Waals surface area contributed by atoms with Crippen molar-refractivity contribution in [2.24, 2.45) is 12.1 Å². The van der Waals surface area contributed by atoms with Crippen molar-refractivity contribution in [1.82, 2.24) is 9.99 Å². The Bertz CT molecular complexity index is 1160. The summed E-state index contributed by atoms with van der Waals surface area (Å²) >= 11 is 0. The number of fused-ring (bicyclic) bond motifs is 1. The van der Waals surface area contributed by atoms with Gasteiger partial charge in [0.1, 0.15) is 0 Å². The standard InChI is InChI=1S/C23H20N4O/c1-27-21-10-6-5-9-19(21)20(22(27)16-7-3-2-4-8-16)15-25-26-23(28)17-11-13-18(24)14-12-17/h2-15H,24H2,1H3,(H,26,28)/b25-15-. The van der Waals surface area contributed by atoms with Crippen LogP contribution in [0.15, 0.2) is 84.0 Å². The van der Waals surface area contributed by atoms with Crippen LogP contribution in [0.5, 0.6) is 0 Å². The monoisotopic (exact) mass is 368 g/mol. The third-order valence-corrected chi connectivity index (χ3v) is 4.73. The number of carbonyl (C=O) groups is 1. The van der Waals surface area contributed by atoms with Gasteiger partial charge in [0.15, 0.2) is 0 Å². The Morgan fingerprint density at radius 2 is 1.64 bits per heavy atom. The first kappa shape index (κ1) is 17.5. The normalized spacial score (nSPS) is 11.2. The summed E-state index contributed by atoms with van der Waals surface area (Å²) in [6, 6.07) is 25.0. The number of nitrogens with two attached hydrogens (primary N) is 1. The molecule has 0 unspecified atom stereocenters. The third-order valence-electron chi connectivity index (χ3n) is 4.73. The van der Waals surface area contributed by atoms with Crippen molar-refractivity contribution < 1.29 is 4.79 Å². The first-order chi connectivity index (χ1) is 13.6. The van der Waals surface area contributed by atoms with E-state index in [1.165, 1.54) is 0 Å². The molecule has 3 N–H and O–H groups in total. The maximum atomic E-state index is 12.3. The van der Waals surface area contributed by atoms with Crippen LogP contribution in [-0.2, 0) is 7.05 Å². The summed E-state index contributed by atoms with van der Waals surface area (Å²) in [6.45, 7) is 0. The maximum Gasteiger partial charge on any atom is 0.271 e. The van der Waals surface area contributed by atoms with Gasteiger partial charge in [-0.15, -0.1) is 0 Å². The first-order valence-electron chi connectivity index (χ1n) is 8.97. The van der Waals surface area contributed by atoms with Crippen LogP contribution in [0.25, 0.3) is 22.2 Å². The number of nitrogens with zero attached hydrogens (tertiary/aromatic N) is 2. The molecule has 5 nitrogen and oxygen atoms in total. The molecule has 0 aliphatic heterocycles. The second-order valence-electron chi connectivity index (χ2n) is 6.53. The molecule has 0 fully saturated rings. The van der Waals surface area contributed by atoms with Crippen LogP contribution >= 0.6 is 0 Å². The summed E-state index contributed by atoms with van der Waals surface area (Å²) in [7, 11) is 2.04. The predicted molar refractivity (Wildman–Crippen MR) is 114 cm³/mol. The van der Waals surface area contributed by atoms with Crippen LogP contribution in [0.1, 0.15) is 15.9 Å². The van der Waals surface area contributed by atoms with Crippen molar-refractivity contribution in [2.75, 3.05) is 5.73 Å². The van der Waals surface area contributed by atoms with E-state index in [-0.39, 0.29) is 5.91 Å². The molecule has 1 heterocycles. The zero-order valence-corrected chi connectivity index (χ0v) is 15.5. The highest BCUT2D eigenvalue weighted by Gasteiger charge is 2.15. The first-order valence-corrected chi connectivity index (χ1v) is 8.97. The summed E-state index contributed by atoms with van der Waals surface area (Å²) in [5.41, 5.74) is 13.6. The Kier molecular flexibility index (Phi) is 4.64. The van der Waals surface area contributed by atoms with Crippen LogP contribution in [0.4, 0.5) is 5.69 Å². The molecular weight excluding hydrogens is 348 g/mol. The third kappa shape index (κ3) is 3.25. The van der Waals surface area contributed by atoms with Gasteiger partial charge < -0.3 is 10.3 Å². The molecule has 5 heteroatoms. The minimum atomic E-state index is -0.280. The molecule has 4 rings (SSSR count). The summed E-state index contributed by atoms with van der Waals surface area (Å²) in [5.74, 6) is -0.280. The molecule has 4 aromatic rings. The van der Waals surface area contributed by atoms with Crippen molar-refractivity contribution in [3.63, 3.8) is 0 Å². The molecule has 0 atom stereocenters. The van der Waals surface area contributed by atoms with E-state index in [9.17, 15) is 4.79 Å². The van der Waals surface area contributed by atoms with Crippen LogP contribution in [0, 0.1) is 0 Å². The highest BCUT2D eigenvalue weighted by atomic mass is 16.2. The minimum Gasteiger partial charge on any atom is -0.399 e. The van der Waals surface area contributed by atoms with E-state index < -0.39 is 0 Å². The fourth-order valence-electron chi connectivity index (χ4n) is 3.35. The second-order valence-corrected chi connectivity index (χ2v) is 6.53. The minimum absolute atomic E-state index is 0.280. The number of hydrogen-bond donors (Lipinski definition) is 2. The van der Waals surface area contributed by atoms with Gasteiger partial charge in [0.25, 0.3) is 5.91 Å². The van der Waals surface area contributed by atoms with Crippen LogP contribution in [0.2, 0.25) is 0 Å². The summed E-state index contributed by atoms with van der Waals surface area (Å²) in [5, 5.41) is 5.30. The number of hydrogen-bond acceptors (Lipinski definition) is 3. The summed E-state index contributed by atoms with van der Waals surface area (Å²) in [6.07, 6.45) is 1.71. The molecular formula is C23H20N4O. The number of carbonyl (C=O) groups excluding carboxylic acids is 1. The number of para-hydroxylation sites is 1. The number of rotatable bonds is 4. The maximum absolute atomic E-state index is 12.3. The zero-order valence-electron chi connectivity index (χ0n) is 15.5. The van der Waals surface area contributed by atoms with E-state index in [1.54, 1.807) is 30.5 Å². The van der Waals surface area contributed by atoms with Crippen molar-refractivity contribution >= 4 is 28.7 Å². The molecule has 0 bridgehead atoms. The topological polar surface area (TPSA) is 72.4 Å². The van der Waals surface area contributed by atoms with E-state index in [0.29, 0.717) is 11.3 Å². The van der Waals surface area contributed by atoms with Gasteiger partial charge in [-0.3, -0.25) is 4.79 Å². The molecule has 0 saturated heterocycles. The van der Waals surface area contributed by atoms with Gasteiger partial charge >= 0.3 is 0 Å². The lowest BCUT2D eigenvalue weighted by atomic mass is 10.1. The lowest BCUT2D eigenvalue weighted by Crippen LogP contribution is -2.17. The van der Waals surface area contributed by atoms with Crippen LogP contribution in [-0.4, -0.2) is 16.7 Å². The van der Waals surface area contributed by atoms with Gasteiger partial charge in [-0.05, 0) is 35.9 Å². The average Bonchev–Trinajstić information content (AvgIpc) is 3.01. The molecule has 0 saturated carbocycles. The predicted octanol–water partition coefficient (Wildman–Crippen LogP) is 4.19. The molecule has 0 aliphatic rings. The summed E-state index contributed by atoms with van der Waals surface area (Å²) < 4.78 is 2.15.